The van der Waals surface area contributed by atoms with E-state index in [0.717, 1.165) is 42.3 Å². The summed E-state index contributed by atoms with van der Waals surface area (Å²) in [5, 5.41) is 4.06. The van der Waals surface area contributed by atoms with E-state index in [0.29, 0.717) is 11.7 Å². The number of benzene rings is 1. The Hall–Kier alpha value is -3.45. The molecular weight excluding hydrogens is 356 g/mol. The molecule has 5 rings (SSSR count). The summed E-state index contributed by atoms with van der Waals surface area (Å²) in [6.45, 7) is 2.61. The molecule has 7 nitrogen and oxygen atoms in total. The molecular formula is C21H18N4O3. The molecule has 4 aromatic rings. The molecule has 0 atom stereocenters. The van der Waals surface area contributed by atoms with Gasteiger partial charge in [-0.15, -0.1) is 0 Å². The summed E-state index contributed by atoms with van der Waals surface area (Å²) < 4.78 is 16.7. The van der Waals surface area contributed by atoms with Crippen LogP contribution in [-0.4, -0.2) is 39.2 Å². The molecule has 0 unspecified atom stereocenters. The first-order chi connectivity index (χ1) is 13.8. The Balaban J connectivity index is 1.18. The minimum absolute atomic E-state index is 0.198. The van der Waals surface area contributed by atoms with E-state index in [1.54, 1.807) is 18.7 Å². The molecule has 1 fully saturated rings. The second-order valence-electron chi connectivity index (χ2n) is 6.70. The molecule has 140 valence electrons. The van der Waals surface area contributed by atoms with Gasteiger partial charge in [0.2, 0.25) is 5.82 Å². The van der Waals surface area contributed by atoms with Crippen molar-refractivity contribution in [2.75, 3.05) is 13.1 Å². The van der Waals surface area contributed by atoms with Crippen molar-refractivity contribution in [3.63, 3.8) is 0 Å². The lowest BCUT2D eigenvalue weighted by Gasteiger charge is -2.38. The smallest absolute Gasteiger partial charge is 0.258 e. The fourth-order valence-electron chi connectivity index (χ4n) is 3.18. The van der Waals surface area contributed by atoms with Crippen LogP contribution in [0, 0.1) is 0 Å². The third kappa shape index (κ3) is 3.52. The normalized spacial score (nSPS) is 14.7. The van der Waals surface area contributed by atoms with Crippen molar-refractivity contribution in [3.05, 3.63) is 72.9 Å². The number of likely N-dealkylation sites (tertiary alicyclic amines) is 1. The predicted molar refractivity (Wildman–Crippen MR) is 101 cm³/mol. The number of hydrogen-bond donors (Lipinski definition) is 0. The van der Waals surface area contributed by atoms with E-state index in [4.69, 9.17) is 13.7 Å². The molecule has 0 aliphatic carbocycles. The van der Waals surface area contributed by atoms with E-state index in [2.05, 4.69) is 20.0 Å². The molecule has 0 saturated carbocycles. The summed E-state index contributed by atoms with van der Waals surface area (Å²) in [5.74, 6) is 2.84. The summed E-state index contributed by atoms with van der Waals surface area (Å²) >= 11 is 0. The largest absolute Gasteiger partial charge is 0.488 e. The van der Waals surface area contributed by atoms with Gasteiger partial charge in [0.15, 0.2) is 0 Å². The molecule has 1 aromatic carbocycles. The lowest BCUT2D eigenvalue weighted by Crippen LogP contribution is -2.52. The average molecular weight is 374 g/mol. The first-order valence-electron chi connectivity index (χ1n) is 9.09. The van der Waals surface area contributed by atoms with Gasteiger partial charge in [0.05, 0.1) is 12.8 Å². The summed E-state index contributed by atoms with van der Waals surface area (Å²) in [6, 6.07) is 15.3. The van der Waals surface area contributed by atoms with E-state index in [1.165, 1.54) is 0 Å². The summed E-state index contributed by atoms with van der Waals surface area (Å²) in [5.41, 5.74) is 1.72. The third-order valence-electron chi connectivity index (χ3n) is 4.65. The Morgan fingerprint density at radius 3 is 2.57 bits per heavy atom. The molecule has 7 heteroatoms. The Kier molecular flexibility index (Phi) is 4.34. The molecule has 1 saturated heterocycles. The van der Waals surface area contributed by atoms with Crippen molar-refractivity contribution in [3.8, 4) is 28.6 Å². The Morgan fingerprint density at radius 2 is 1.82 bits per heavy atom. The van der Waals surface area contributed by atoms with Crippen LogP contribution in [0.25, 0.3) is 22.8 Å². The molecule has 3 aromatic heterocycles. The molecule has 0 amide bonds. The molecule has 1 aliphatic heterocycles. The monoisotopic (exact) mass is 374 g/mol. The Labute approximate surface area is 161 Å². The van der Waals surface area contributed by atoms with Crippen LogP contribution in [0.5, 0.6) is 5.75 Å². The van der Waals surface area contributed by atoms with Crippen molar-refractivity contribution < 1.29 is 13.7 Å². The molecule has 0 spiro atoms. The topological polar surface area (TPSA) is 77.4 Å². The number of rotatable bonds is 6. The fraction of sp³-hybridized carbons (Fsp3) is 0.190. The quantitative estimate of drug-likeness (QED) is 0.510. The number of ether oxygens (including phenoxy) is 1. The van der Waals surface area contributed by atoms with Crippen LogP contribution in [0.4, 0.5) is 0 Å². The first-order valence-corrected chi connectivity index (χ1v) is 9.09. The standard InChI is InChI=1S/C21H18N4O3/c1-2-18(26-11-1)12-25-13-19(14-25)27-17-5-3-15(4-6-17)20-23-21(28-24-20)16-7-9-22-10-8-16/h1-11,19H,12-14H2. The molecule has 0 radical (unpaired) electrons. The first kappa shape index (κ1) is 16.7. The molecule has 28 heavy (non-hydrogen) atoms. The van der Waals surface area contributed by atoms with Gasteiger partial charge in [-0.25, -0.2) is 0 Å². The highest BCUT2D eigenvalue weighted by molar-refractivity contribution is 5.60. The minimum Gasteiger partial charge on any atom is -0.488 e. The fourth-order valence-corrected chi connectivity index (χ4v) is 3.18. The van der Waals surface area contributed by atoms with E-state index in [9.17, 15) is 0 Å². The van der Waals surface area contributed by atoms with Crippen LogP contribution in [-0.2, 0) is 6.54 Å². The molecule has 4 heterocycles. The van der Waals surface area contributed by atoms with E-state index >= 15 is 0 Å². The SMILES string of the molecule is c1coc(CN2CC(Oc3ccc(-c4noc(-c5ccncc5)n4)cc3)C2)c1. The second-order valence-corrected chi connectivity index (χ2v) is 6.70. The zero-order chi connectivity index (χ0) is 18.8. The number of aromatic nitrogens is 3. The van der Waals surface area contributed by atoms with Gasteiger partial charge in [-0.2, -0.15) is 4.98 Å². The average Bonchev–Trinajstić information content (AvgIpc) is 3.40. The summed E-state index contributed by atoms with van der Waals surface area (Å²) in [6.07, 6.45) is 5.29. The number of hydrogen-bond acceptors (Lipinski definition) is 7. The van der Waals surface area contributed by atoms with E-state index < -0.39 is 0 Å². The van der Waals surface area contributed by atoms with Crippen LogP contribution < -0.4 is 4.74 Å². The third-order valence-corrected chi connectivity index (χ3v) is 4.65. The van der Waals surface area contributed by atoms with Crippen molar-refractivity contribution in [2.24, 2.45) is 0 Å². The highest BCUT2D eigenvalue weighted by Gasteiger charge is 2.28. The molecule has 1 aliphatic rings. The molecule has 0 bridgehead atoms. The lowest BCUT2D eigenvalue weighted by atomic mass is 10.1. The van der Waals surface area contributed by atoms with Gasteiger partial charge in [-0.1, -0.05) is 5.16 Å². The van der Waals surface area contributed by atoms with E-state index in [1.807, 2.05) is 48.5 Å². The maximum Gasteiger partial charge on any atom is 0.258 e. The highest BCUT2D eigenvalue weighted by Crippen LogP contribution is 2.25. The van der Waals surface area contributed by atoms with Crippen LogP contribution in [0.1, 0.15) is 5.76 Å². The van der Waals surface area contributed by atoms with Gasteiger partial charge < -0.3 is 13.7 Å². The summed E-state index contributed by atoms with van der Waals surface area (Å²) in [7, 11) is 0. The van der Waals surface area contributed by atoms with Crippen molar-refractivity contribution in [1.29, 1.82) is 0 Å². The Morgan fingerprint density at radius 1 is 1.00 bits per heavy atom. The van der Waals surface area contributed by atoms with Crippen LogP contribution >= 0.6 is 0 Å². The lowest BCUT2D eigenvalue weighted by molar-refractivity contribution is 0.0107. The molecule has 0 N–H and O–H groups in total. The van der Waals surface area contributed by atoms with Crippen molar-refractivity contribution in [2.45, 2.75) is 12.6 Å². The van der Waals surface area contributed by atoms with Gasteiger partial charge in [-0.3, -0.25) is 9.88 Å². The highest BCUT2D eigenvalue weighted by atomic mass is 16.5. The predicted octanol–water partition coefficient (Wildman–Crippen LogP) is 3.65. The number of furan rings is 1. The van der Waals surface area contributed by atoms with Crippen LogP contribution in [0.3, 0.4) is 0 Å². The second kappa shape index (κ2) is 7.28. The van der Waals surface area contributed by atoms with Gasteiger partial charge in [0.25, 0.3) is 5.89 Å². The minimum atomic E-state index is 0.198. The maximum absolute atomic E-state index is 6.02. The van der Waals surface area contributed by atoms with Crippen LogP contribution in [0.15, 0.2) is 76.1 Å². The Bertz CT molecular complexity index is 1020. The van der Waals surface area contributed by atoms with Gasteiger partial charge in [0.1, 0.15) is 17.6 Å². The van der Waals surface area contributed by atoms with Gasteiger partial charge in [0, 0.05) is 36.6 Å². The van der Waals surface area contributed by atoms with Crippen LogP contribution in [0.2, 0.25) is 0 Å². The maximum atomic E-state index is 6.02. The summed E-state index contributed by atoms with van der Waals surface area (Å²) in [4.78, 5) is 10.7. The number of pyridine rings is 1. The van der Waals surface area contributed by atoms with E-state index in [-0.39, 0.29) is 6.10 Å². The van der Waals surface area contributed by atoms with Crippen molar-refractivity contribution >= 4 is 0 Å². The van der Waals surface area contributed by atoms with Gasteiger partial charge in [-0.05, 0) is 48.5 Å². The van der Waals surface area contributed by atoms with Gasteiger partial charge >= 0.3 is 0 Å². The number of nitrogens with zero attached hydrogens (tertiary/aromatic N) is 4. The zero-order valence-electron chi connectivity index (χ0n) is 15.1. The zero-order valence-corrected chi connectivity index (χ0v) is 15.1. The van der Waals surface area contributed by atoms with Crippen molar-refractivity contribution in [1.82, 2.24) is 20.0 Å².